The van der Waals surface area contributed by atoms with Gasteiger partial charge < -0.3 is 20.6 Å². The fourth-order valence-corrected chi connectivity index (χ4v) is 6.40. The average Bonchev–Trinajstić information content (AvgIpc) is 3.09. The maximum absolute atomic E-state index is 13.5. The van der Waals surface area contributed by atoms with Gasteiger partial charge in [0.2, 0.25) is 0 Å². The lowest BCUT2D eigenvalue weighted by atomic mass is 9.91. The van der Waals surface area contributed by atoms with Gasteiger partial charge in [-0.3, -0.25) is 24.4 Å². The zero-order chi connectivity index (χ0) is 34.1. The fraction of sp³-hybridized carbons (Fsp3) is 0.342. The van der Waals surface area contributed by atoms with Gasteiger partial charge in [0.15, 0.2) is 0 Å². The molecular weight excluding hydrogens is 623 g/mol. The lowest BCUT2D eigenvalue weighted by Crippen LogP contribution is -2.29. The molecule has 10 heteroatoms. The summed E-state index contributed by atoms with van der Waals surface area (Å²) in [6, 6.07) is 20.8. The Morgan fingerprint density at radius 2 is 1.67 bits per heavy atom. The summed E-state index contributed by atoms with van der Waals surface area (Å²) in [5.41, 5.74) is 6.71. The van der Waals surface area contributed by atoms with Gasteiger partial charge in [0.1, 0.15) is 0 Å². The summed E-state index contributed by atoms with van der Waals surface area (Å²) in [5, 5.41) is 15.0. The topological polar surface area (TPSA) is 125 Å². The third-order valence-electron chi connectivity index (χ3n) is 8.24. The van der Waals surface area contributed by atoms with E-state index in [1.165, 1.54) is 18.2 Å². The third-order valence-corrected chi connectivity index (χ3v) is 9.27. The zero-order valence-corrected chi connectivity index (χ0v) is 28.6. The normalized spacial score (nSPS) is 13.2. The number of piperidine rings is 1. The monoisotopic (exact) mass is 665 g/mol. The summed E-state index contributed by atoms with van der Waals surface area (Å²) >= 11 is 1.52. The third kappa shape index (κ3) is 9.44. The Kier molecular flexibility index (Phi) is 11.5. The van der Waals surface area contributed by atoms with Crippen molar-refractivity contribution in [3.63, 3.8) is 0 Å². The van der Waals surface area contributed by atoms with Crippen LogP contribution in [0, 0.1) is 0 Å². The summed E-state index contributed by atoms with van der Waals surface area (Å²) in [4.78, 5) is 49.2. The molecule has 1 saturated heterocycles. The first-order valence-electron chi connectivity index (χ1n) is 16.4. The van der Waals surface area contributed by atoms with Crippen molar-refractivity contribution >= 4 is 40.9 Å². The van der Waals surface area contributed by atoms with Crippen molar-refractivity contribution in [1.82, 2.24) is 15.3 Å². The highest BCUT2D eigenvalue weighted by Gasteiger charge is 2.19. The van der Waals surface area contributed by atoms with Crippen molar-refractivity contribution in [3.8, 4) is 11.3 Å². The molecule has 1 aliphatic heterocycles. The molecule has 2 amide bonds. The molecule has 2 aromatic carbocycles. The number of rotatable bonds is 12. The predicted molar refractivity (Wildman–Crippen MR) is 193 cm³/mol. The molecule has 5 rings (SSSR count). The summed E-state index contributed by atoms with van der Waals surface area (Å²) in [6.45, 7) is 8.61. The highest BCUT2D eigenvalue weighted by Crippen LogP contribution is 2.33. The van der Waals surface area contributed by atoms with E-state index in [2.05, 4.69) is 46.3 Å². The number of carbonyl (C=O) groups excluding carboxylic acids is 2. The number of hydrogen-bond acceptors (Lipinski definition) is 7. The molecule has 0 unspecified atom stereocenters. The number of thioether (sulfide) groups is 1. The smallest absolute Gasteiger partial charge is 0.304 e. The molecule has 3 heterocycles. The van der Waals surface area contributed by atoms with Crippen molar-refractivity contribution in [1.29, 1.82) is 0 Å². The second-order valence-corrected chi connectivity index (χ2v) is 14.1. The Hall–Kier alpha value is -4.70. The largest absolute Gasteiger partial charge is 0.481 e. The SMILES string of the molecule is CC(C)(C)c1ccc(CNC(=O)c2ccnc(-c3cc(N4CCCCC4)ccc3NC(=O)c3cccc(CSCCC(=O)O)c3)c2)cn1. The van der Waals surface area contributed by atoms with Crippen LogP contribution in [0.3, 0.4) is 0 Å². The van der Waals surface area contributed by atoms with Gasteiger partial charge in [0, 0.05) is 77.0 Å². The molecule has 0 aliphatic carbocycles. The highest BCUT2D eigenvalue weighted by molar-refractivity contribution is 7.98. The fourth-order valence-electron chi connectivity index (χ4n) is 5.52. The van der Waals surface area contributed by atoms with E-state index >= 15 is 0 Å². The molecule has 9 nitrogen and oxygen atoms in total. The highest BCUT2D eigenvalue weighted by atomic mass is 32.2. The van der Waals surface area contributed by atoms with E-state index in [4.69, 9.17) is 5.11 Å². The van der Waals surface area contributed by atoms with Crippen LogP contribution in [0.15, 0.2) is 79.1 Å². The van der Waals surface area contributed by atoms with Gasteiger partial charge in [-0.2, -0.15) is 11.8 Å². The molecule has 3 N–H and O–H groups in total. The van der Waals surface area contributed by atoms with Crippen LogP contribution >= 0.6 is 11.8 Å². The van der Waals surface area contributed by atoms with Crippen molar-refractivity contribution < 1.29 is 19.5 Å². The molecule has 48 heavy (non-hydrogen) atoms. The van der Waals surface area contributed by atoms with Crippen LogP contribution in [0.5, 0.6) is 0 Å². The van der Waals surface area contributed by atoms with Gasteiger partial charge in [-0.1, -0.05) is 39.0 Å². The Bertz CT molecular complexity index is 1750. The van der Waals surface area contributed by atoms with Crippen molar-refractivity contribution in [2.24, 2.45) is 0 Å². The molecule has 0 radical (unpaired) electrons. The Balaban J connectivity index is 1.36. The number of carboxylic acid groups (broad SMARTS) is 1. The number of pyridine rings is 2. The number of amides is 2. The quantitative estimate of drug-likeness (QED) is 0.135. The first kappa shape index (κ1) is 34.6. The second-order valence-electron chi connectivity index (χ2n) is 13.0. The zero-order valence-electron chi connectivity index (χ0n) is 27.8. The molecule has 0 bridgehead atoms. The van der Waals surface area contributed by atoms with Gasteiger partial charge >= 0.3 is 5.97 Å². The number of nitrogens with zero attached hydrogens (tertiary/aromatic N) is 3. The van der Waals surface area contributed by atoms with Gasteiger partial charge in [0.25, 0.3) is 11.8 Å². The van der Waals surface area contributed by atoms with E-state index in [1.807, 2.05) is 48.5 Å². The molecule has 0 saturated carbocycles. The van der Waals surface area contributed by atoms with Crippen LogP contribution in [0.2, 0.25) is 0 Å². The number of aliphatic carboxylic acids is 1. The first-order valence-corrected chi connectivity index (χ1v) is 17.5. The predicted octanol–water partition coefficient (Wildman–Crippen LogP) is 7.32. The first-order chi connectivity index (χ1) is 23.1. The molecular formula is C38H43N5O4S. The van der Waals surface area contributed by atoms with E-state index in [9.17, 15) is 14.4 Å². The molecule has 1 aliphatic rings. The van der Waals surface area contributed by atoms with Crippen molar-refractivity contribution in [3.05, 3.63) is 107 Å². The minimum Gasteiger partial charge on any atom is -0.481 e. The van der Waals surface area contributed by atoms with E-state index in [0.29, 0.717) is 40.6 Å². The van der Waals surface area contributed by atoms with Gasteiger partial charge in [-0.25, -0.2) is 0 Å². The maximum Gasteiger partial charge on any atom is 0.304 e. The van der Waals surface area contributed by atoms with Crippen LogP contribution in [0.25, 0.3) is 11.3 Å². The van der Waals surface area contributed by atoms with Crippen LogP contribution in [-0.4, -0.2) is 51.7 Å². The van der Waals surface area contributed by atoms with Crippen molar-refractivity contribution in [2.45, 2.75) is 64.2 Å². The number of aromatic nitrogens is 2. The van der Waals surface area contributed by atoms with Gasteiger partial charge in [0.05, 0.1) is 17.8 Å². The number of anilines is 2. The second kappa shape index (κ2) is 15.9. The van der Waals surface area contributed by atoms with Gasteiger partial charge in [-0.15, -0.1) is 0 Å². The van der Waals surface area contributed by atoms with Gasteiger partial charge in [-0.05, 0) is 78.9 Å². The Morgan fingerprint density at radius 3 is 2.40 bits per heavy atom. The number of hydrogen-bond donors (Lipinski definition) is 3. The van der Waals surface area contributed by atoms with Crippen LogP contribution < -0.4 is 15.5 Å². The van der Waals surface area contributed by atoms with Crippen molar-refractivity contribution in [2.75, 3.05) is 29.1 Å². The van der Waals surface area contributed by atoms with Crippen LogP contribution in [0.1, 0.15) is 84.0 Å². The van der Waals surface area contributed by atoms with E-state index in [1.54, 1.807) is 30.6 Å². The Morgan fingerprint density at radius 1 is 0.875 bits per heavy atom. The van der Waals surface area contributed by atoms with E-state index in [0.717, 1.165) is 54.0 Å². The molecule has 0 atom stereocenters. The van der Waals surface area contributed by atoms with E-state index < -0.39 is 5.97 Å². The number of nitrogens with one attached hydrogen (secondary N) is 2. The minimum absolute atomic E-state index is 0.0491. The maximum atomic E-state index is 13.5. The number of carboxylic acids is 1. The van der Waals surface area contributed by atoms with Crippen LogP contribution in [-0.2, 0) is 22.5 Å². The molecule has 2 aromatic heterocycles. The summed E-state index contributed by atoms with van der Waals surface area (Å²) in [6.07, 6.45) is 6.98. The molecule has 1 fully saturated rings. The standard InChI is InChI=1S/C38H43N5O4S/c1-38(2,3)34-13-10-27(23-40-34)24-41-36(46)29-14-16-39-33(21-29)31-22-30(43-17-5-4-6-18-43)11-12-32(31)42-37(47)28-9-7-8-26(20-28)25-48-19-15-35(44)45/h7-14,16,20-23H,4-6,15,17-19,24-25H2,1-3H3,(H,41,46)(H,42,47)(H,44,45). The lowest BCUT2D eigenvalue weighted by Gasteiger charge is -2.29. The molecule has 250 valence electrons. The summed E-state index contributed by atoms with van der Waals surface area (Å²) < 4.78 is 0. The average molecular weight is 666 g/mol. The summed E-state index contributed by atoms with van der Waals surface area (Å²) in [5.74, 6) is -0.196. The Labute approximate surface area is 286 Å². The molecule has 0 spiro atoms. The van der Waals surface area contributed by atoms with E-state index in [-0.39, 0.29) is 23.7 Å². The number of carbonyl (C=O) groups is 3. The molecule has 4 aromatic rings. The number of benzene rings is 2. The summed E-state index contributed by atoms with van der Waals surface area (Å²) in [7, 11) is 0. The minimum atomic E-state index is -0.821. The van der Waals surface area contributed by atoms with Crippen LogP contribution in [0.4, 0.5) is 11.4 Å². The lowest BCUT2D eigenvalue weighted by molar-refractivity contribution is -0.136.